The molecule has 6 heteroatoms. The second-order valence-corrected chi connectivity index (χ2v) is 5.84. The van der Waals surface area contributed by atoms with Crippen molar-refractivity contribution in [2.45, 2.75) is 26.7 Å². The highest BCUT2D eigenvalue weighted by Crippen LogP contribution is 2.21. The maximum absolute atomic E-state index is 12.3. The summed E-state index contributed by atoms with van der Waals surface area (Å²) in [7, 11) is 1.78. The Kier molecular flexibility index (Phi) is 5.93. The SMILES string of the molecule is CCCCN(C)C(=O)c1ccnc(Nc2ccc(C)c(Cl)c2)n1. The van der Waals surface area contributed by atoms with Crippen molar-refractivity contribution in [3.8, 4) is 0 Å². The molecule has 1 heterocycles. The molecule has 2 aromatic rings. The summed E-state index contributed by atoms with van der Waals surface area (Å²) >= 11 is 6.11. The number of hydrogen-bond acceptors (Lipinski definition) is 4. The molecule has 1 aromatic carbocycles. The van der Waals surface area contributed by atoms with Crippen LogP contribution in [0.4, 0.5) is 11.6 Å². The van der Waals surface area contributed by atoms with Gasteiger partial charge in [0.25, 0.3) is 5.91 Å². The molecule has 0 fully saturated rings. The third-order valence-corrected chi connectivity index (χ3v) is 3.90. The van der Waals surface area contributed by atoms with Crippen LogP contribution in [-0.2, 0) is 0 Å². The van der Waals surface area contributed by atoms with Gasteiger partial charge in [0.15, 0.2) is 0 Å². The lowest BCUT2D eigenvalue weighted by molar-refractivity contribution is 0.0787. The van der Waals surface area contributed by atoms with Gasteiger partial charge in [0.1, 0.15) is 5.69 Å². The van der Waals surface area contributed by atoms with Gasteiger partial charge in [0.2, 0.25) is 5.95 Å². The number of nitrogens with zero attached hydrogens (tertiary/aromatic N) is 3. The van der Waals surface area contributed by atoms with E-state index in [-0.39, 0.29) is 5.91 Å². The average Bonchev–Trinajstić information content (AvgIpc) is 2.55. The van der Waals surface area contributed by atoms with Crippen LogP contribution in [0.2, 0.25) is 5.02 Å². The minimum absolute atomic E-state index is 0.106. The zero-order valence-corrected chi connectivity index (χ0v) is 14.4. The summed E-state index contributed by atoms with van der Waals surface area (Å²) in [5.41, 5.74) is 2.16. The van der Waals surface area contributed by atoms with Crippen LogP contribution in [0.25, 0.3) is 0 Å². The second-order valence-electron chi connectivity index (χ2n) is 5.43. The Morgan fingerprint density at radius 1 is 1.35 bits per heavy atom. The van der Waals surface area contributed by atoms with Crippen LogP contribution in [0.1, 0.15) is 35.8 Å². The van der Waals surface area contributed by atoms with Crippen molar-refractivity contribution >= 4 is 29.1 Å². The molecular weight excluding hydrogens is 312 g/mol. The number of benzene rings is 1. The van der Waals surface area contributed by atoms with E-state index in [0.717, 1.165) is 30.6 Å². The quantitative estimate of drug-likeness (QED) is 0.866. The third kappa shape index (κ3) is 4.66. The molecule has 122 valence electrons. The molecule has 1 aromatic heterocycles. The lowest BCUT2D eigenvalue weighted by atomic mass is 10.2. The monoisotopic (exact) mass is 332 g/mol. The lowest BCUT2D eigenvalue weighted by Gasteiger charge is -2.16. The Balaban J connectivity index is 2.13. The molecule has 0 aliphatic carbocycles. The molecule has 0 radical (unpaired) electrons. The van der Waals surface area contributed by atoms with Crippen molar-refractivity contribution in [1.29, 1.82) is 0 Å². The van der Waals surface area contributed by atoms with Gasteiger partial charge in [-0.25, -0.2) is 9.97 Å². The highest BCUT2D eigenvalue weighted by molar-refractivity contribution is 6.31. The van der Waals surface area contributed by atoms with Crippen LogP contribution in [0.15, 0.2) is 30.5 Å². The number of hydrogen-bond donors (Lipinski definition) is 1. The first kappa shape index (κ1) is 17.2. The van der Waals surface area contributed by atoms with Gasteiger partial charge in [-0.1, -0.05) is 31.0 Å². The first-order valence-corrected chi connectivity index (χ1v) is 8.00. The average molecular weight is 333 g/mol. The molecule has 23 heavy (non-hydrogen) atoms. The van der Waals surface area contributed by atoms with E-state index < -0.39 is 0 Å². The maximum atomic E-state index is 12.3. The number of halogens is 1. The summed E-state index contributed by atoms with van der Waals surface area (Å²) in [6.07, 6.45) is 3.59. The fraction of sp³-hybridized carbons (Fsp3) is 0.353. The predicted molar refractivity (Wildman–Crippen MR) is 93.4 cm³/mol. The summed E-state index contributed by atoms with van der Waals surface area (Å²) in [5.74, 6) is 0.269. The van der Waals surface area contributed by atoms with Gasteiger partial charge in [0, 0.05) is 30.5 Å². The van der Waals surface area contributed by atoms with Crippen LogP contribution in [0, 0.1) is 6.92 Å². The highest BCUT2D eigenvalue weighted by atomic mass is 35.5. The van der Waals surface area contributed by atoms with Crippen molar-refractivity contribution in [2.75, 3.05) is 18.9 Å². The Hall–Kier alpha value is -2.14. The molecule has 1 N–H and O–H groups in total. The van der Waals surface area contributed by atoms with Gasteiger partial charge in [-0.2, -0.15) is 0 Å². The molecule has 5 nitrogen and oxygen atoms in total. The number of nitrogens with one attached hydrogen (secondary N) is 1. The number of carbonyl (C=O) groups is 1. The van der Waals surface area contributed by atoms with Gasteiger partial charge < -0.3 is 10.2 Å². The Bertz CT molecular complexity index is 690. The van der Waals surface area contributed by atoms with E-state index in [1.807, 2.05) is 25.1 Å². The molecule has 0 saturated carbocycles. The largest absolute Gasteiger partial charge is 0.340 e. The third-order valence-electron chi connectivity index (χ3n) is 3.50. The standard InChI is InChI=1S/C17H21ClN4O/c1-4-5-10-22(3)16(23)15-8-9-19-17(21-15)20-13-7-6-12(2)14(18)11-13/h6-9,11H,4-5,10H2,1-3H3,(H,19,20,21). The Morgan fingerprint density at radius 3 is 2.83 bits per heavy atom. The summed E-state index contributed by atoms with van der Waals surface area (Å²) in [5, 5.41) is 3.74. The second kappa shape index (κ2) is 7.92. The van der Waals surface area contributed by atoms with Crippen LogP contribution in [0.5, 0.6) is 0 Å². The smallest absolute Gasteiger partial charge is 0.272 e. The van der Waals surface area contributed by atoms with Crippen molar-refractivity contribution in [2.24, 2.45) is 0 Å². The maximum Gasteiger partial charge on any atom is 0.272 e. The van der Waals surface area contributed by atoms with Gasteiger partial charge in [-0.15, -0.1) is 0 Å². The van der Waals surface area contributed by atoms with Crippen LogP contribution < -0.4 is 5.32 Å². The van der Waals surface area contributed by atoms with E-state index in [0.29, 0.717) is 16.7 Å². The predicted octanol–water partition coefficient (Wildman–Crippen LogP) is 4.05. The molecule has 0 unspecified atom stereocenters. The topological polar surface area (TPSA) is 58.1 Å². The van der Waals surface area contributed by atoms with Gasteiger partial charge >= 0.3 is 0 Å². The van der Waals surface area contributed by atoms with E-state index in [2.05, 4.69) is 22.2 Å². The fourth-order valence-electron chi connectivity index (χ4n) is 2.03. The molecule has 0 spiro atoms. The molecule has 0 atom stereocenters. The highest BCUT2D eigenvalue weighted by Gasteiger charge is 2.13. The Morgan fingerprint density at radius 2 is 2.13 bits per heavy atom. The van der Waals surface area contributed by atoms with Gasteiger partial charge in [-0.05, 0) is 37.1 Å². The number of aromatic nitrogens is 2. The first-order valence-electron chi connectivity index (χ1n) is 7.63. The van der Waals surface area contributed by atoms with Gasteiger partial charge in [0.05, 0.1) is 0 Å². The summed E-state index contributed by atoms with van der Waals surface area (Å²) in [6.45, 7) is 4.75. The molecule has 2 rings (SSSR count). The normalized spacial score (nSPS) is 10.4. The summed E-state index contributed by atoms with van der Waals surface area (Å²) in [6, 6.07) is 7.24. The van der Waals surface area contributed by atoms with E-state index in [1.165, 1.54) is 0 Å². The minimum Gasteiger partial charge on any atom is -0.340 e. The fourth-order valence-corrected chi connectivity index (χ4v) is 2.21. The van der Waals surface area contributed by atoms with Gasteiger partial charge in [-0.3, -0.25) is 4.79 Å². The number of anilines is 2. The number of unbranched alkanes of at least 4 members (excludes halogenated alkanes) is 1. The summed E-state index contributed by atoms with van der Waals surface area (Å²) < 4.78 is 0. The molecule has 0 aliphatic heterocycles. The number of rotatable bonds is 6. The molecule has 0 aliphatic rings. The first-order chi connectivity index (χ1) is 11.0. The zero-order valence-electron chi connectivity index (χ0n) is 13.6. The number of carbonyl (C=O) groups excluding carboxylic acids is 1. The molecular formula is C17H21ClN4O. The zero-order chi connectivity index (χ0) is 16.8. The van der Waals surface area contributed by atoms with E-state index in [1.54, 1.807) is 24.2 Å². The van der Waals surface area contributed by atoms with E-state index in [9.17, 15) is 4.79 Å². The van der Waals surface area contributed by atoms with Crippen molar-refractivity contribution in [1.82, 2.24) is 14.9 Å². The van der Waals surface area contributed by atoms with E-state index in [4.69, 9.17) is 11.6 Å². The molecule has 1 amide bonds. The number of amides is 1. The van der Waals surface area contributed by atoms with E-state index >= 15 is 0 Å². The van der Waals surface area contributed by atoms with Crippen LogP contribution in [0.3, 0.4) is 0 Å². The van der Waals surface area contributed by atoms with Crippen LogP contribution in [-0.4, -0.2) is 34.4 Å². The number of aryl methyl sites for hydroxylation is 1. The summed E-state index contributed by atoms with van der Waals surface area (Å²) in [4.78, 5) is 22.5. The van der Waals surface area contributed by atoms with Crippen molar-refractivity contribution in [3.05, 3.63) is 46.7 Å². The molecule has 0 saturated heterocycles. The minimum atomic E-state index is -0.106. The Labute approximate surface area is 141 Å². The lowest BCUT2D eigenvalue weighted by Crippen LogP contribution is -2.28. The van der Waals surface area contributed by atoms with Crippen LogP contribution >= 0.6 is 11.6 Å². The van der Waals surface area contributed by atoms with Crippen molar-refractivity contribution < 1.29 is 4.79 Å². The van der Waals surface area contributed by atoms with Crippen molar-refractivity contribution in [3.63, 3.8) is 0 Å². The molecule has 0 bridgehead atoms.